The maximum Gasteiger partial charge on any atom is 0.319 e. The topological polar surface area (TPSA) is 61.4 Å². The van der Waals surface area contributed by atoms with E-state index in [2.05, 4.69) is 43.5 Å². The molecule has 0 saturated heterocycles. The minimum absolute atomic E-state index is 0.158. The van der Waals surface area contributed by atoms with E-state index in [1.54, 1.807) is 0 Å². The first kappa shape index (κ1) is 18.5. The molecule has 1 rings (SSSR count). The highest BCUT2D eigenvalue weighted by Gasteiger charge is 2.12. The van der Waals surface area contributed by atoms with Crippen molar-refractivity contribution < 1.29 is 9.90 Å². The zero-order valence-corrected chi connectivity index (χ0v) is 14.1. The lowest BCUT2D eigenvalue weighted by Crippen LogP contribution is -2.34. The fraction of sp³-hybridized carbons (Fsp3) is 0.611. The Labute approximate surface area is 134 Å². The van der Waals surface area contributed by atoms with Crippen LogP contribution in [0.25, 0.3) is 0 Å². The zero-order valence-electron chi connectivity index (χ0n) is 14.1. The average molecular weight is 306 g/mol. The minimum atomic E-state index is -0.158. The Kier molecular flexibility index (Phi) is 8.60. The van der Waals surface area contributed by atoms with Gasteiger partial charge in [-0.15, -0.1) is 0 Å². The van der Waals surface area contributed by atoms with Gasteiger partial charge in [-0.25, -0.2) is 4.79 Å². The standard InChI is InChI=1S/C18H30N2O2/c1-4-8-14(11-12-21)13-19-18(22)20-17-15(5-2)9-7-10-16(17)6-3/h7,9-10,14,21H,4-6,8,11-13H2,1-3H3,(H2,19,20,22). The van der Waals surface area contributed by atoms with Crippen LogP contribution < -0.4 is 10.6 Å². The van der Waals surface area contributed by atoms with Crippen LogP contribution in [0, 0.1) is 5.92 Å². The molecule has 0 fully saturated rings. The number of aryl methyl sites for hydroxylation is 2. The van der Waals surface area contributed by atoms with Crippen LogP contribution in [-0.4, -0.2) is 24.3 Å². The number of carbonyl (C=O) groups excluding carboxylic acids is 1. The summed E-state index contributed by atoms with van der Waals surface area (Å²) in [6.45, 7) is 7.09. The summed E-state index contributed by atoms with van der Waals surface area (Å²) < 4.78 is 0. The van der Waals surface area contributed by atoms with Crippen LogP contribution >= 0.6 is 0 Å². The van der Waals surface area contributed by atoms with Gasteiger partial charge in [0.05, 0.1) is 0 Å². The first-order valence-electron chi connectivity index (χ1n) is 8.42. The lowest BCUT2D eigenvalue weighted by atomic mass is 10.0. The van der Waals surface area contributed by atoms with Gasteiger partial charge in [0.1, 0.15) is 0 Å². The minimum Gasteiger partial charge on any atom is -0.396 e. The third kappa shape index (κ3) is 5.68. The highest BCUT2D eigenvalue weighted by atomic mass is 16.3. The summed E-state index contributed by atoms with van der Waals surface area (Å²) in [5.41, 5.74) is 3.27. The van der Waals surface area contributed by atoms with Gasteiger partial charge in [0.25, 0.3) is 0 Å². The Balaban J connectivity index is 2.65. The molecule has 0 aliphatic carbocycles. The number of urea groups is 1. The van der Waals surface area contributed by atoms with Crippen molar-refractivity contribution in [2.45, 2.75) is 52.9 Å². The quantitative estimate of drug-likeness (QED) is 0.651. The molecule has 0 spiro atoms. The zero-order chi connectivity index (χ0) is 16.4. The Morgan fingerprint density at radius 1 is 1.14 bits per heavy atom. The number of hydrogen-bond donors (Lipinski definition) is 3. The van der Waals surface area contributed by atoms with Gasteiger partial charge >= 0.3 is 6.03 Å². The lowest BCUT2D eigenvalue weighted by molar-refractivity contribution is 0.236. The second-order valence-corrected chi connectivity index (χ2v) is 5.66. The molecule has 0 radical (unpaired) electrons. The monoisotopic (exact) mass is 306 g/mol. The molecule has 0 heterocycles. The van der Waals surface area contributed by atoms with Crippen molar-refractivity contribution in [1.82, 2.24) is 5.32 Å². The Hall–Kier alpha value is -1.55. The number of hydrogen-bond acceptors (Lipinski definition) is 2. The van der Waals surface area contributed by atoms with Crippen LogP contribution in [0.3, 0.4) is 0 Å². The van der Waals surface area contributed by atoms with E-state index in [0.717, 1.165) is 48.9 Å². The second kappa shape index (κ2) is 10.2. The fourth-order valence-electron chi connectivity index (χ4n) is 2.74. The van der Waals surface area contributed by atoms with E-state index in [1.165, 1.54) is 0 Å². The van der Waals surface area contributed by atoms with Crippen molar-refractivity contribution in [3.05, 3.63) is 29.3 Å². The van der Waals surface area contributed by atoms with E-state index in [-0.39, 0.29) is 12.6 Å². The molecule has 1 unspecified atom stereocenters. The molecule has 0 aromatic heterocycles. The van der Waals surface area contributed by atoms with E-state index < -0.39 is 0 Å². The van der Waals surface area contributed by atoms with Crippen molar-refractivity contribution in [2.75, 3.05) is 18.5 Å². The number of para-hydroxylation sites is 1. The van der Waals surface area contributed by atoms with Crippen molar-refractivity contribution >= 4 is 11.7 Å². The summed E-state index contributed by atoms with van der Waals surface area (Å²) in [5, 5.41) is 15.0. The molecule has 4 nitrogen and oxygen atoms in total. The molecular formula is C18H30N2O2. The van der Waals surface area contributed by atoms with Crippen LogP contribution in [0.15, 0.2) is 18.2 Å². The first-order valence-corrected chi connectivity index (χ1v) is 8.42. The lowest BCUT2D eigenvalue weighted by Gasteiger charge is -2.18. The number of carbonyl (C=O) groups is 1. The van der Waals surface area contributed by atoms with Gasteiger partial charge in [0, 0.05) is 18.8 Å². The van der Waals surface area contributed by atoms with Gasteiger partial charge in [-0.2, -0.15) is 0 Å². The molecule has 0 aliphatic rings. The predicted molar refractivity (Wildman–Crippen MR) is 92.3 cm³/mol. The molecule has 1 atom stereocenters. The highest BCUT2D eigenvalue weighted by Crippen LogP contribution is 2.22. The molecule has 1 aromatic rings. The molecular weight excluding hydrogens is 276 g/mol. The number of nitrogens with one attached hydrogen (secondary N) is 2. The highest BCUT2D eigenvalue weighted by molar-refractivity contribution is 5.91. The number of benzene rings is 1. The SMILES string of the molecule is CCCC(CCO)CNC(=O)Nc1c(CC)cccc1CC. The Morgan fingerprint density at radius 3 is 2.27 bits per heavy atom. The predicted octanol–water partition coefficient (Wildman–Crippen LogP) is 3.73. The number of aliphatic hydroxyl groups excluding tert-OH is 1. The molecule has 0 saturated carbocycles. The van der Waals surface area contributed by atoms with E-state index >= 15 is 0 Å². The van der Waals surface area contributed by atoms with E-state index in [1.807, 2.05) is 6.07 Å². The van der Waals surface area contributed by atoms with Gasteiger partial charge < -0.3 is 15.7 Å². The fourth-order valence-corrected chi connectivity index (χ4v) is 2.74. The summed E-state index contributed by atoms with van der Waals surface area (Å²) in [5.74, 6) is 0.341. The summed E-state index contributed by atoms with van der Waals surface area (Å²) in [7, 11) is 0. The van der Waals surface area contributed by atoms with Crippen molar-refractivity contribution in [2.24, 2.45) is 5.92 Å². The summed E-state index contributed by atoms with van der Waals surface area (Å²) in [6.07, 6.45) is 4.61. The van der Waals surface area contributed by atoms with Crippen molar-refractivity contribution in [3.8, 4) is 0 Å². The third-order valence-electron chi connectivity index (χ3n) is 4.02. The first-order chi connectivity index (χ1) is 10.7. The normalized spacial score (nSPS) is 12.0. The molecule has 4 heteroatoms. The molecule has 22 heavy (non-hydrogen) atoms. The van der Waals surface area contributed by atoms with Crippen LogP contribution in [0.1, 0.15) is 51.2 Å². The van der Waals surface area contributed by atoms with Crippen LogP contribution in [0.4, 0.5) is 10.5 Å². The maximum atomic E-state index is 12.2. The Morgan fingerprint density at radius 2 is 1.77 bits per heavy atom. The number of rotatable bonds is 9. The van der Waals surface area contributed by atoms with Gasteiger partial charge in [0.2, 0.25) is 0 Å². The second-order valence-electron chi connectivity index (χ2n) is 5.66. The third-order valence-corrected chi connectivity index (χ3v) is 4.02. The van der Waals surface area contributed by atoms with Gasteiger partial charge in [-0.3, -0.25) is 0 Å². The average Bonchev–Trinajstić information content (AvgIpc) is 2.53. The molecule has 0 aliphatic heterocycles. The van der Waals surface area contributed by atoms with Crippen molar-refractivity contribution in [1.29, 1.82) is 0 Å². The largest absolute Gasteiger partial charge is 0.396 e. The van der Waals surface area contributed by atoms with Crippen LogP contribution in [-0.2, 0) is 12.8 Å². The summed E-state index contributed by atoms with van der Waals surface area (Å²) >= 11 is 0. The Bertz CT molecular complexity index is 432. The summed E-state index contributed by atoms with van der Waals surface area (Å²) in [4.78, 5) is 12.2. The number of aliphatic hydroxyl groups is 1. The van der Waals surface area contributed by atoms with Crippen LogP contribution in [0.2, 0.25) is 0 Å². The molecule has 3 N–H and O–H groups in total. The summed E-state index contributed by atoms with van der Waals surface area (Å²) in [6, 6.07) is 6.00. The van der Waals surface area contributed by atoms with Gasteiger partial charge in [-0.1, -0.05) is 45.4 Å². The number of amides is 2. The van der Waals surface area contributed by atoms with Gasteiger partial charge in [0.15, 0.2) is 0 Å². The van der Waals surface area contributed by atoms with Gasteiger partial charge in [-0.05, 0) is 42.7 Å². The van der Waals surface area contributed by atoms with Crippen LogP contribution in [0.5, 0.6) is 0 Å². The molecule has 1 aromatic carbocycles. The smallest absolute Gasteiger partial charge is 0.319 e. The van der Waals surface area contributed by atoms with Crippen molar-refractivity contribution in [3.63, 3.8) is 0 Å². The number of anilines is 1. The molecule has 2 amide bonds. The van der Waals surface area contributed by atoms with E-state index in [4.69, 9.17) is 5.11 Å². The maximum absolute atomic E-state index is 12.2. The van der Waals surface area contributed by atoms with E-state index in [9.17, 15) is 4.79 Å². The van der Waals surface area contributed by atoms with E-state index in [0.29, 0.717) is 12.5 Å². The molecule has 0 bridgehead atoms. The molecule has 124 valence electrons.